The summed E-state index contributed by atoms with van der Waals surface area (Å²) in [6, 6.07) is 19.6. The van der Waals surface area contributed by atoms with E-state index in [9.17, 15) is 4.79 Å². The fraction of sp³-hybridized carbons (Fsp3) is 0.0769. The van der Waals surface area contributed by atoms with Crippen LogP contribution in [0.15, 0.2) is 75.0 Å². The molecule has 0 N–H and O–H groups in total. The van der Waals surface area contributed by atoms with Crippen LogP contribution in [0, 0.1) is 14.9 Å². The van der Waals surface area contributed by atoms with Gasteiger partial charge in [0.05, 0.1) is 27.8 Å². The zero-order chi connectivity index (χ0) is 25.2. The normalized spacial score (nSPS) is 11.3. The number of furan rings is 1. The van der Waals surface area contributed by atoms with E-state index in [0.717, 1.165) is 8.96 Å². The fourth-order valence-electron chi connectivity index (χ4n) is 3.70. The Morgan fingerprint density at radius 3 is 2.86 bits per heavy atom. The van der Waals surface area contributed by atoms with E-state index in [1.54, 1.807) is 48.5 Å². The molecule has 0 fully saturated rings. The minimum atomic E-state index is -0.346. The summed E-state index contributed by atoms with van der Waals surface area (Å²) in [5.74, 6) is 1.53. The van der Waals surface area contributed by atoms with Crippen molar-refractivity contribution in [3.63, 3.8) is 0 Å². The van der Waals surface area contributed by atoms with E-state index < -0.39 is 0 Å². The van der Waals surface area contributed by atoms with Crippen LogP contribution in [0.5, 0.6) is 11.5 Å². The smallest absolute Gasteiger partial charge is 0.282 e. The van der Waals surface area contributed by atoms with Crippen molar-refractivity contribution in [2.45, 2.75) is 0 Å². The zero-order valence-electron chi connectivity index (χ0n) is 18.7. The van der Waals surface area contributed by atoms with Gasteiger partial charge in [0.25, 0.3) is 5.56 Å². The van der Waals surface area contributed by atoms with Gasteiger partial charge in [0.1, 0.15) is 11.7 Å². The summed E-state index contributed by atoms with van der Waals surface area (Å²) < 4.78 is 18.8. The van der Waals surface area contributed by atoms with Crippen molar-refractivity contribution < 1.29 is 13.9 Å². The second-order valence-electron chi connectivity index (χ2n) is 7.59. The second-order valence-corrected chi connectivity index (χ2v) is 9.19. The summed E-state index contributed by atoms with van der Waals surface area (Å²) in [7, 11) is 1.51. The molecule has 36 heavy (non-hydrogen) atoms. The number of nitriles is 1. The van der Waals surface area contributed by atoms with Gasteiger partial charge in [0.15, 0.2) is 23.9 Å². The maximum absolute atomic E-state index is 13.4. The predicted molar refractivity (Wildman–Crippen MR) is 146 cm³/mol. The van der Waals surface area contributed by atoms with Gasteiger partial charge in [0, 0.05) is 10.4 Å². The topological polar surface area (TPSA) is 103 Å². The van der Waals surface area contributed by atoms with E-state index in [4.69, 9.17) is 30.8 Å². The summed E-state index contributed by atoms with van der Waals surface area (Å²) >= 11 is 8.22. The van der Waals surface area contributed by atoms with Gasteiger partial charge in [-0.15, -0.1) is 0 Å². The lowest BCUT2D eigenvalue weighted by atomic mass is 10.2. The monoisotopic (exact) mass is 610 g/mol. The number of nitrogens with zero attached hydrogens (tertiary/aromatic N) is 4. The van der Waals surface area contributed by atoms with E-state index in [-0.39, 0.29) is 18.0 Å². The van der Waals surface area contributed by atoms with Crippen molar-refractivity contribution in [3.05, 3.63) is 85.2 Å². The van der Waals surface area contributed by atoms with Gasteiger partial charge in [0.2, 0.25) is 5.82 Å². The van der Waals surface area contributed by atoms with Crippen LogP contribution in [0.25, 0.3) is 33.5 Å². The first-order chi connectivity index (χ1) is 17.5. The molecule has 0 unspecified atom stereocenters. The molecule has 0 saturated carbocycles. The van der Waals surface area contributed by atoms with Crippen LogP contribution in [0.4, 0.5) is 0 Å². The van der Waals surface area contributed by atoms with Crippen LogP contribution >= 0.6 is 34.2 Å². The molecule has 0 aliphatic carbocycles. The van der Waals surface area contributed by atoms with Crippen molar-refractivity contribution in [3.8, 4) is 29.2 Å². The van der Waals surface area contributed by atoms with Gasteiger partial charge in [-0.2, -0.15) is 15.0 Å². The molecular weight excluding hydrogens is 595 g/mol. The standard InChI is InChI=1S/C26H16ClIN4O4/c1-34-22-11-15(10-19(28)24(22)35-9-8-29)14-30-32-25(31-20-5-3-2-4-18(20)26(32)33)23-13-16-12-17(27)6-7-21(16)36-23/h2-7,10-14H,9H2,1H3. The molecule has 0 aliphatic rings. The van der Waals surface area contributed by atoms with Crippen molar-refractivity contribution in [2.24, 2.45) is 5.10 Å². The third-order valence-electron chi connectivity index (χ3n) is 5.31. The molecule has 178 valence electrons. The lowest BCUT2D eigenvalue weighted by Crippen LogP contribution is -2.20. The first kappa shape index (κ1) is 23.8. The van der Waals surface area contributed by atoms with Crippen LogP contribution in [-0.4, -0.2) is 29.6 Å². The van der Waals surface area contributed by atoms with Crippen molar-refractivity contribution in [1.82, 2.24) is 9.66 Å². The molecule has 0 radical (unpaired) electrons. The van der Waals surface area contributed by atoms with Gasteiger partial charge in [-0.25, -0.2) is 4.98 Å². The molecule has 0 saturated heterocycles. The lowest BCUT2D eigenvalue weighted by molar-refractivity contribution is 0.327. The number of aromatic nitrogens is 2. The number of ether oxygens (including phenoxy) is 2. The summed E-state index contributed by atoms with van der Waals surface area (Å²) in [6.45, 7) is -0.107. The Kier molecular flexibility index (Phi) is 6.63. The molecule has 5 rings (SSSR count). The summed E-state index contributed by atoms with van der Waals surface area (Å²) in [6.07, 6.45) is 1.53. The largest absolute Gasteiger partial charge is 0.493 e. The Morgan fingerprint density at radius 2 is 2.06 bits per heavy atom. The third-order valence-corrected chi connectivity index (χ3v) is 6.34. The number of halogens is 2. The Bertz CT molecular complexity index is 1750. The molecule has 8 nitrogen and oxygen atoms in total. The first-order valence-corrected chi connectivity index (χ1v) is 12.1. The van der Waals surface area contributed by atoms with Crippen molar-refractivity contribution >= 4 is 62.3 Å². The molecule has 0 spiro atoms. The lowest BCUT2D eigenvalue weighted by Gasteiger charge is -2.11. The van der Waals surface area contributed by atoms with Crippen LogP contribution < -0.4 is 15.0 Å². The number of rotatable bonds is 6. The van der Waals surface area contributed by atoms with Crippen molar-refractivity contribution in [2.75, 3.05) is 13.7 Å². The first-order valence-electron chi connectivity index (χ1n) is 10.6. The molecular formula is C26H16ClIN4O4. The summed E-state index contributed by atoms with van der Waals surface area (Å²) in [5, 5.41) is 15.1. The van der Waals surface area contributed by atoms with Crippen LogP contribution in [0.3, 0.4) is 0 Å². The van der Waals surface area contributed by atoms with E-state index >= 15 is 0 Å². The average molecular weight is 611 g/mol. The molecule has 0 aliphatic heterocycles. The summed E-state index contributed by atoms with van der Waals surface area (Å²) in [4.78, 5) is 18.1. The van der Waals surface area contributed by atoms with E-state index in [2.05, 4.69) is 32.7 Å². The van der Waals surface area contributed by atoms with Crippen LogP contribution in [0.2, 0.25) is 5.02 Å². The number of hydrogen-bond donors (Lipinski definition) is 0. The molecule has 0 bridgehead atoms. The Balaban J connectivity index is 1.66. The second kappa shape index (κ2) is 10.0. The third kappa shape index (κ3) is 4.53. The van der Waals surface area contributed by atoms with Gasteiger partial charge < -0.3 is 13.9 Å². The highest BCUT2D eigenvalue weighted by Crippen LogP contribution is 2.34. The zero-order valence-corrected chi connectivity index (χ0v) is 21.6. The molecule has 10 heteroatoms. The maximum Gasteiger partial charge on any atom is 0.282 e. The number of benzene rings is 3. The highest BCUT2D eigenvalue weighted by atomic mass is 127. The van der Waals surface area contributed by atoms with Gasteiger partial charge >= 0.3 is 0 Å². The van der Waals surface area contributed by atoms with Gasteiger partial charge in [-0.05, 0) is 76.7 Å². The number of methoxy groups -OCH3 is 1. The van der Waals surface area contributed by atoms with Gasteiger partial charge in [-0.3, -0.25) is 4.79 Å². The Labute approximate surface area is 223 Å². The number of para-hydroxylation sites is 1. The molecule has 5 aromatic rings. The van der Waals surface area contributed by atoms with E-state index in [1.165, 1.54) is 18.0 Å². The number of hydrogen-bond acceptors (Lipinski definition) is 7. The molecule has 2 aromatic heterocycles. The van der Waals surface area contributed by atoms with E-state index in [0.29, 0.717) is 44.3 Å². The van der Waals surface area contributed by atoms with Crippen LogP contribution in [-0.2, 0) is 0 Å². The Hall–Kier alpha value is -3.88. The maximum atomic E-state index is 13.4. The highest BCUT2D eigenvalue weighted by Gasteiger charge is 2.17. The molecule has 3 aromatic carbocycles. The predicted octanol–water partition coefficient (Wildman–Crippen LogP) is 5.86. The molecule has 0 atom stereocenters. The van der Waals surface area contributed by atoms with Gasteiger partial charge in [-0.1, -0.05) is 23.7 Å². The fourth-order valence-corrected chi connectivity index (χ4v) is 4.66. The van der Waals surface area contributed by atoms with Crippen LogP contribution in [0.1, 0.15) is 5.56 Å². The SMILES string of the molecule is COc1cc(C=Nn2c(-c3cc4cc(Cl)ccc4o3)nc3ccccc3c2=O)cc(I)c1OCC#N. The molecule has 0 amide bonds. The Morgan fingerprint density at radius 1 is 1.22 bits per heavy atom. The minimum Gasteiger partial charge on any atom is -0.493 e. The molecule has 2 heterocycles. The van der Waals surface area contributed by atoms with Crippen molar-refractivity contribution in [1.29, 1.82) is 5.26 Å². The van der Waals surface area contributed by atoms with E-state index in [1.807, 2.05) is 18.2 Å². The number of fused-ring (bicyclic) bond motifs is 2. The minimum absolute atomic E-state index is 0.107. The highest BCUT2D eigenvalue weighted by molar-refractivity contribution is 14.1. The average Bonchev–Trinajstić information content (AvgIpc) is 3.30. The quantitative estimate of drug-likeness (QED) is 0.176. The summed E-state index contributed by atoms with van der Waals surface area (Å²) in [5.41, 5.74) is 1.45.